The van der Waals surface area contributed by atoms with Crippen molar-refractivity contribution in [3.8, 4) is 0 Å². The molecule has 0 aliphatic heterocycles. The van der Waals surface area contributed by atoms with Crippen molar-refractivity contribution < 1.29 is 18.0 Å². The summed E-state index contributed by atoms with van der Waals surface area (Å²) in [5, 5.41) is 0.505. The fourth-order valence-corrected chi connectivity index (χ4v) is 5.02. The number of carbonyl (C=O) groups excluding carboxylic acids is 2. The average Bonchev–Trinajstić information content (AvgIpc) is 3.14. The van der Waals surface area contributed by atoms with Crippen LogP contribution >= 0.6 is 0 Å². The molecule has 0 saturated heterocycles. The number of para-hydroxylation sites is 2. The first-order valence-electron chi connectivity index (χ1n) is 10.2. The van der Waals surface area contributed by atoms with E-state index in [0.717, 1.165) is 0 Å². The van der Waals surface area contributed by atoms with Crippen LogP contribution in [0.2, 0.25) is 0 Å². The SMILES string of the molecule is CCN(CC)C(=O)Cn1cc(S(=O)(=O)CC(=O)N(C)c2ccccc2)c2ccccc21. The van der Waals surface area contributed by atoms with Crippen LogP contribution in [-0.2, 0) is 26.0 Å². The molecule has 8 heteroatoms. The smallest absolute Gasteiger partial charge is 0.242 e. The zero-order valence-corrected chi connectivity index (χ0v) is 18.8. The number of amides is 2. The van der Waals surface area contributed by atoms with Crippen molar-refractivity contribution in [1.82, 2.24) is 9.47 Å². The Balaban J connectivity index is 1.92. The van der Waals surface area contributed by atoms with Gasteiger partial charge in [-0.2, -0.15) is 0 Å². The first-order chi connectivity index (χ1) is 14.8. The number of anilines is 1. The second-order valence-electron chi connectivity index (χ2n) is 7.25. The Morgan fingerprint density at radius 2 is 1.52 bits per heavy atom. The van der Waals surface area contributed by atoms with Crippen LogP contribution < -0.4 is 4.90 Å². The van der Waals surface area contributed by atoms with E-state index >= 15 is 0 Å². The molecule has 3 aromatic rings. The zero-order chi connectivity index (χ0) is 22.6. The van der Waals surface area contributed by atoms with Crippen molar-refractivity contribution >= 4 is 38.2 Å². The number of hydrogen-bond acceptors (Lipinski definition) is 4. The van der Waals surface area contributed by atoms with Gasteiger partial charge in [-0.15, -0.1) is 0 Å². The number of nitrogens with zero attached hydrogens (tertiary/aromatic N) is 3. The number of likely N-dealkylation sites (N-methyl/N-ethyl adjacent to an activating group) is 1. The van der Waals surface area contributed by atoms with Crippen LogP contribution in [0.25, 0.3) is 10.9 Å². The highest BCUT2D eigenvalue weighted by Crippen LogP contribution is 2.27. The van der Waals surface area contributed by atoms with Crippen LogP contribution in [0.4, 0.5) is 5.69 Å². The predicted molar refractivity (Wildman–Crippen MR) is 122 cm³/mol. The molecule has 7 nitrogen and oxygen atoms in total. The van der Waals surface area contributed by atoms with Gasteiger partial charge in [-0.3, -0.25) is 9.59 Å². The highest BCUT2D eigenvalue weighted by atomic mass is 32.2. The molecule has 0 unspecified atom stereocenters. The maximum absolute atomic E-state index is 13.2. The number of rotatable bonds is 8. The monoisotopic (exact) mass is 441 g/mol. The standard InChI is InChI=1S/C23H27N3O4S/c1-4-25(5-2)22(27)16-26-15-21(19-13-9-10-14-20(19)26)31(29,30)17-23(28)24(3)18-11-7-6-8-12-18/h6-15H,4-5,16-17H2,1-3H3. The van der Waals surface area contributed by atoms with Crippen molar-refractivity contribution in [3.63, 3.8) is 0 Å². The first kappa shape index (κ1) is 22.6. The zero-order valence-electron chi connectivity index (χ0n) is 18.0. The molecule has 0 radical (unpaired) electrons. The third-order valence-electron chi connectivity index (χ3n) is 5.34. The van der Waals surface area contributed by atoms with E-state index in [1.165, 1.54) is 11.1 Å². The van der Waals surface area contributed by atoms with Gasteiger partial charge in [-0.25, -0.2) is 8.42 Å². The molecule has 0 aliphatic carbocycles. The van der Waals surface area contributed by atoms with Gasteiger partial charge in [0.25, 0.3) is 0 Å². The first-order valence-corrected chi connectivity index (χ1v) is 11.8. The maximum atomic E-state index is 13.2. The molecular weight excluding hydrogens is 414 g/mol. The van der Waals surface area contributed by atoms with Crippen molar-refractivity contribution in [2.45, 2.75) is 25.3 Å². The molecule has 3 rings (SSSR count). The normalized spacial score (nSPS) is 11.5. The Hall–Kier alpha value is -3.13. The third kappa shape index (κ3) is 4.80. The number of aromatic nitrogens is 1. The average molecular weight is 442 g/mol. The van der Waals surface area contributed by atoms with Crippen molar-refractivity contribution in [3.05, 3.63) is 60.8 Å². The molecule has 1 heterocycles. The van der Waals surface area contributed by atoms with Gasteiger partial charge in [-0.1, -0.05) is 36.4 Å². The lowest BCUT2D eigenvalue weighted by atomic mass is 10.2. The second kappa shape index (κ2) is 9.34. The molecule has 1 aromatic heterocycles. The molecule has 0 atom stereocenters. The Bertz CT molecular complexity index is 1180. The lowest BCUT2D eigenvalue weighted by molar-refractivity contribution is -0.131. The molecule has 2 aromatic carbocycles. The largest absolute Gasteiger partial charge is 0.342 e. The number of benzene rings is 2. The van der Waals surface area contributed by atoms with E-state index in [1.54, 1.807) is 65.0 Å². The Morgan fingerprint density at radius 3 is 2.16 bits per heavy atom. The van der Waals surface area contributed by atoms with Crippen LogP contribution in [0.1, 0.15) is 13.8 Å². The van der Waals surface area contributed by atoms with Crippen molar-refractivity contribution in [1.29, 1.82) is 0 Å². The summed E-state index contributed by atoms with van der Waals surface area (Å²) in [4.78, 5) is 28.4. The van der Waals surface area contributed by atoms with Gasteiger partial charge >= 0.3 is 0 Å². The summed E-state index contributed by atoms with van der Waals surface area (Å²) in [7, 11) is -2.37. The minimum Gasteiger partial charge on any atom is -0.342 e. The highest BCUT2D eigenvalue weighted by molar-refractivity contribution is 7.92. The molecule has 164 valence electrons. The van der Waals surface area contributed by atoms with Crippen LogP contribution in [0.3, 0.4) is 0 Å². The maximum Gasteiger partial charge on any atom is 0.242 e. The molecular formula is C23H27N3O4S. The summed E-state index contributed by atoms with van der Waals surface area (Å²) < 4.78 is 28.0. The van der Waals surface area contributed by atoms with Gasteiger partial charge in [-0.05, 0) is 32.0 Å². The summed E-state index contributed by atoms with van der Waals surface area (Å²) in [6.45, 7) is 5.01. The molecule has 0 saturated carbocycles. The van der Waals surface area contributed by atoms with E-state index in [4.69, 9.17) is 0 Å². The minimum atomic E-state index is -3.92. The number of hydrogen-bond donors (Lipinski definition) is 0. The van der Waals surface area contributed by atoms with Gasteiger partial charge in [0.2, 0.25) is 11.8 Å². The van der Waals surface area contributed by atoms with E-state index in [9.17, 15) is 18.0 Å². The van der Waals surface area contributed by atoms with Crippen LogP contribution in [-0.4, -0.2) is 55.6 Å². The molecule has 0 spiro atoms. The van der Waals surface area contributed by atoms with Crippen LogP contribution in [0, 0.1) is 0 Å². The summed E-state index contributed by atoms with van der Waals surface area (Å²) in [5.41, 5.74) is 1.26. The molecule has 31 heavy (non-hydrogen) atoms. The third-order valence-corrected chi connectivity index (χ3v) is 6.96. The van der Waals surface area contributed by atoms with Gasteiger partial charge in [0.1, 0.15) is 12.3 Å². The topological polar surface area (TPSA) is 79.7 Å². The Kier molecular flexibility index (Phi) is 6.80. The van der Waals surface area contributed by atoms with Gasteiger partial charge in [0.05, 0.1) is 4.90 Å². The van der Waals surface area contributed by atoms with E-state index in [0.29, 0.717) is 29.7 Å². The predicted octanol–water partition coefficient (Wildman–Crippen LogP) is 2.95. The van der Waals surface area contributed by atoms with Crippen LogP contribution in [0.15, 0.2) is 65.7 Å². The number of fused-ring (bicyclic) bond motifs is 1. The van der Waals surface area contributed by atoms with Gasteiger partial charge in [0, 0.05) is 42.9 Å². The summed E-state index contributed by atoms with van der Waals surface area (Å²) >= 11 is 0. The fourth-order valence-electron chi connectivity index (χ4n) is 3.55. The molecule has 0 aliphatic rings. The molecule has 0 bridgehead atoms. The van der Waals surface area contributed by atoms with Crippen molar-refractivity contribution in [2.24, 2.45) is 0 Å². The lowest BCUT2D eigenvalue weighted by Gasteiger charge is -2.19. The minimum absolute atomic E-state index is 0.0373. The quantitative estimate of drug-likeness (QED) is 0.538. The summed E-state index contributed by atoms with van der Waals surface area (Å²) in [6, 6.07) is 15.9. The Labute approximate surface area is 182 Å². The Morgan fingerprint density at radius 1 is 0.903 bits per heavy atom. The highest BCUT2D eigenvalue weighted by Gasteiger charge is 2.27. The van der Waals surface area contributed by atoms with E-state index in [1.807, 2.05) is 19.9 Å². The van der Waals surface area contributed by atoms with E-state index in [2.05, 4.69) is 0 Å². The van der Waals surface area contributed by atoms with Gasteiger partial charge in [0.15, 0.2) is 9.84 Å². The van der Waals surface area contributed by atoms with E-state index in [-0.39, 0.29) is 17.3 Å². The number of carbonyl (C=O) groups is 2. The molecule has 2 amide bonds. The fraction of sp³-hybridized carbons (Fsp3) is 0.304. The lowest BCUT2D eigenvalue weighted by Crippen LogP contribution is -2.33. The molecule has 0 fully saturated rings. The summed E-state index contributed by atoms with van der Waals surface area (Å²) in [6.07, 6.45) is 1.47. The van der Waals surface area contributed by atoms with Gasteiger partial charge < -0.3 is 14.4 Å². The molecule has 0 N–H and O–H groups in total. The van der Waals surface area contributed by atoms with Crippen molar-refractivity contribution in [2.75, 3.05) is 30.8 Å². The summed E-state index contributed by atoms with van der Waals surface area (Å²) in [5.74, 6) is -1.27. The second-order valence-corrected chi connectivity index (χ2v) is 9.21. The van der Waals surface area contributed by atoms with E-state index < -0.39 is 21.5 Å². The number of sulfone groups is 1. The van der Waals surface area contributed by atoms with Crippen LogP contribution in [0.5, 0.6) is 0 Å².